The van der Waals surface area contributed by atoms with Gasteiger partial charge in [-0.05, 0) is 111 Å². The van der Waals surface area contributed by atoms with Crippen LogP contribution in [0.2, 0.25) is 0 Å². The number of carbonyl (C=O) groups excluding carboxylic acids is 1. The van der Waals surface area contributed by atoms with Crippen LogP contribution < -0.4 is 0 Å². The van der Waals surface area contributed by atoms with Crippen LogP contribution in [0.25, 0.3) is 0 Å². The zero-order chi connectivity index (χ0) is 45.9. The standard InChI is InChI=1S/C45H76O18/c1-19(18-58-41-37(55)35(53)33(51)29(16-46)61-41)6-9-27(48)20(2)31-28(49)15-26-24-8-7-22-14-23(10-12-44(22,4)25(24)11-13-45(26,31)5)60-43-39(57)36(54)40(30(17-47)62-43)63-42-38(56)34(52)32(50)21(3)59-42/h19-26,28-43,46-47,49-57H,6-18H2,1-5H3/t19-,20-,21+,22+,23+,24-,25+,26-,28-,29-,30-,31+,32+,33-,34-,35+,36-,37-,38-,39-,40-,41-,42-,43-,44+,45+/m1/s1. The van der Waals surface area contributed by atoms with Gasteiger partial charge in [0.05, 0.1) is 38.1 Å². The van der Waals surface area contributed by atoms with Crippen molar-refractivity contribution in [3.8, 4) is 0 Å². The predicted molar refractivity (Wildman–Crippen MR) is 219 cm³/mol. The van der Waals surface area contributed by atoms with Crippen molar-refractivity contribution in [1.82, 2.24) is 0 Å². The van der Waals surface area contributed by atoms with Crippen LogP contribution in [0.5, 0.6) is 0 Å². The smallest absolute Gasteiger partial charge is 0.187 e. The van der Waals surface area contributed by atoms with Crippen molar-refractivity contribution in [2.24, 2.45) is 52.3 Å². The fourth-order valence-corrected chi connectivity index (χ4v) is 13.5. The number of aliphatic hydroxyl groups excluding tert-OH is 11. The molecule has 4 saturated carbocycles. The lowest BCUT2D eigenvalue weighted by molar-refractivity contribution is -0.361. The first-order valence-electron chi connectivity index (χ1n) is 23.5. The summed E-state index contributed by atoms with van der Waals surface area (Å²) in [5.41, 5.74) is -0.172. The molecule has 0 aromatic carbocycles. The highest BCUT2D eigenvalue weighted by Gasteiger charge is 2.64. The third kappa shape index (κ3) is 9.43. The van der Waals surface area contributed by atoms with Crippen molar-refractivity contribution < 1.29 is 89.4 Å². The number of rotatable bonds is 14. The van der Waals surface area contributed by atoms with E-state index < -0.39 is 111 Å². The van der Waals surface area contributed by atoms with Crippen molar-refractivity contribution in [3.05, 3.63) is 0 Å². The molecule has 0 unspecified atom stereocenters. The Kier molecular flexibility index (Phi) is 15.8. The molecule has 0 spiro atoms. The Morgan fingerprint density at radius 3 is 1.98 bits per heavy atom. The van der Waals surface area contributed by atoms with E-state index >= 15 is 0 Å². The Morgan fingerprint density at radius 2 is 1.29 bits per heavy atom. The van der Waals surface area contributed by atoms with Gasteiger partial charge in [-0.3, -0.25) is 4.79 Å². The number of Topliss-reactive ketones (excluding diaryl/α,β-unsaturated/α-hetero) is 1. The lowest BCUT2D eigenvalue weighted by Crippen LogP contribution is -2.64. The fraction of sp³-hybridized carbons (Fsp3) is 0.978. The van der Waals surface area contributed by atoms with Crippen LogP contribution in [0.15, 0.2) is 0 Å². The van der Waals surface area contributed by atoms with Crippen molar-refractivity contribution >= 4 is 5.78 Å². The van der Waals surface area contributed by atoms with Gasteiger partial charge in [-0.2, -0.15) is 0 Å². The third-order valence-electron chi connectivity index (χ3n) is 17.3. The Bertz CT molecular complexity index is 1520. The van der Waals surface area contributed by atoms with Crippen LogP contribution in [0.4, 0.5) is 0 Å². The normalized spacial score (nSPS) is 52.3. The van der Waals surface area contributed by atoms with E-state index in [1.54, 1.807) is 0 Å². The summed E-state index contributed by atoms with van der Waals surface area (Å²) in [6.07, 6.45) is -13.8. The molecule has 7 aliphatic rings. The maximum absolute atomic E-state index is 13.8. The van der Waals surface area contributed by atoms with E-state index in [1.807, 2.05) is 13.8 Å². The lowest BCUT2D eigenvalue weighted by Gasteiger charge is -2.61. The summed E-state index contributed by atoms with van der Waals surface area (Å²) in [6, 6.07) is 0. The molecular formula is C45H76O18. The molecule has 0 radical (unpaired) electrons. The fourth-order valence-electron chi connectivity index (χ4n) is 13.5. The topological polar surface area (TPSA) is 295 Å². The van der Waals surface area contributed by atoms with E-state index in [9.17, 15) is 61.0 Å². The highest BCUT2D eigenvalue weighted by molar-refractivity contribution is 5.81. The number of fused-ring (bicyclic) bond motifs is 5. The number of hydrogen-bond donors (Lipinski definition) is 11. The van der Waals surface area contributed by atoms with Crippen molar-refractivity contribution in [2.75, 3.05) is 19.8 Å². The highest BCUT2D eigenvalue weighted by Crippen LogP contribution is 2.68. The van der Waals surface area contributed by atoms with Gasteiger partial charge in [0.2, 0.25) is 0 Å². The van der Waals surface area contributed by atoms with Gasteiger partial charge >= 0.3 is 0 Å². The first-order chi connectivity index (χ1) is 29.7. The molecule has 0 bridgehead atoms. The molecular weight excluding hydrogens is 828 g/mol. The van der Waals surface area contributed by atoms with E-state index in [-0.39, 0.29) is 53.0 Å². The molecule has 18 nitrogen and oxygen atoms in total. The number of ketones is 1. The molecule has 7 fully saturated rings. The summed E-state index contributed by atoms with van der Waals surface area (Å²) < 4.78 is 34.8. The quantitative estimate of drug-likeness (QED) is 0.0941. The third-order valence-corrected chi connectivity index (χ3v) is 17.3. The Hall–Kier alpha value is -1.01. The first-order valence-corrected chi connectivity index (χ1v) is 23.5. The van der Waals surface area contributed by atoms with Gasteiger partial charge in [-0.15, -0.1) is 0 Å². The van der Waals surface area contributed by atoms with Gasteiger partial charge in [0.15, 0.2) is 18.9 Å². The summed E-state index contributed by atoms with van der Waals surface area (Å²) in [7, 11) is 0. The summed E-state index contributed by atoms with van der Waals surface area (Å²) in [5, 5.41) is 115. The summed E-state index contributed by atoms with van der Waals surface area (Å²) >= 11 is 0. The number of carbonyl (C=O) groups is 1. The molecule has 0 amide bonds. The Morgan fingerprint density at radius 1 is 0.667 bits per heavy atom. The second kappa shape index (κ2) is 19.9. The second-order valence-electron chi connectivity index (χ2n) is 21.0. The number of hydrogen-bond acceptors (Lipinski definition) is 18. The molecule has 4 aliphatic carbocycles. The molecule has 3 heterocycles. The van der Waals surface area contributed by atoms with E-state index in [0.29, 0.717) is 43.4 Å². The monoisotopic (exact) mass is 905 g/mol. The van der Waals surface area contributed by atoms with Crippen LogP contribution in [0.1, 0.15) is 98.8 Å². The zero-order valence-corrected chi connectivity index (χ0v) is 37.3. The van der Waals surface area contributed by atoms with E-state index in [2.05, 4.69) is 13.8 Å². The average Bonchev–Trinajstić information content (AvgIpc) is 3.54. The van der Waals surface area contributed by atoms with Crippen molar-refractivity contribution in [1.29, 1.82) is 0 Å². The first kappa shape index (κ1) is 49.9. The molecule has 26 atom stereocenters. The summed E-state index contributed by atoms with van der Waals surface area (Å²) in [5.74, 6) is 0.945. The maximum Gasteiger partial charge on any atom is 0.187 e. The van der Waals surface area contributed by atoms with E-state index in [4.69, 9.17) is 28.4 Å². The van der Waals surface area contributed by atoms with E-state index in [1.165, 1.54) is 6.92 Å². The summed E-state index contributed by atoms with van der Waals surface area (Å²) in [4.78, 5) is 13.8. The molecule has 63 heavy (non-hydrogen) atoms. The SMILES string of the molecule is C[C@H](CCC(=O)[C@@H](C)[C@H]1[C@H](O)C[C@@H]2[C@@H]3CC[C@H]4C[C@@H](O[C@@H]5O[C@H](CO)[C@@H](O[C@H]6O[C@@H](C)[C@H](O)[C@@H](O)[C@H]6O)[C@H](O)[C@H]5O)CC[C@]4(C)[C@H]3CC[C@]12C)CO[C@@H]1O[C@H](CO)[C@@H](O)[C@H](O)[C@H]1O. The molecule has 3 aliphatic heterocycles. The van der Waals surface area contributed by atoms with E-state index in [0.717, 1.165) is 38.5 Å². The van der Waals surface area contributed by atoms with Gasteiger partial charge in [0, 0.05) is 12.3 Å². The van der Waals surface area contributed by atoms with Gasteiger partial charge in [-0.25, -0.2) is 0 Å². The zero-order valence-electron chi connectivity index (χ0n) is 37.3. The lowest BCUT2D eigenvalue weighted by atomic mass is 9.44. The Balaban J connectivity index is 0.910. The highest BCUT2D eigenvalue weighted by atomic mass is 16.7. The summed E-state index contributed by atoms with van der Waals surface area (Å²) in [6.45, 7) is 9.03. The van der Waals surface area contributed by atoms with Gasteiger partial charge in [0.25, 0.3) is 0 Å². The van der Waals surface area contributed by atoms with Gasteiger partial charge in [0.1, 0.15) is 72.9 Å². The second-order valence-corrected chi connectivity index (χ2v) is 21.0. The molecule has 3 saturated heterocycles. The molecule has 11 N–H and O–H groups in total. The van der Waals surface area contributed by atoms with Crippen LogP contribution in [-0.2, 0) is 33.2 Å². The Labute approximate surface area is 369 Å². The molecule has 7 rings (SSSR count). The molecule has 364 valence electrons. The minimum Gasteiger partial charge on any atom is -0.394 e. The van der Waals surface area contributed by atoms with Crippen molar-refractivity contribution in [2.45, 2.75) is 203 Å². The largest absolute Gasteiger partial charge is 0.394 e. The van der Waals surface area contributed by atoms with Gasteiger partial charge < -0.3 is 84.6 Å². The van der Waals surface area contributed by atoms with Gasteiger partial charge in [-0.1, -0.05) is 27.7 Å². The number of ether oxygens (including phenoxy) is 6. The molecule has 0 aromatic heterocycles. The van der Waals surface area contributed by atoms with Crippen molar-refractivity contribution in [3.63, 3.8) is 0 Å². The minimum absolute atomic E-state index is 0.0244. The maximum atomic E-state index is 13.8. The van der Waals surface area contributed by atoms with Crippen LogP contribution in [0.3, 0.4) is 0 Å². The molecule has 18 heteroatoms. The average molecular weight is 905 g/mol. The van der Waals surface area contributed by atoms with Crippen LogP contribution >= 0.6 is 0 Å². The number of aliphatic hydroxyl groups is 11. The predicted octanol–water partition coefficient (Wildman–Crippen LogP) is -0.909. The van der Waals surface area contributed by atoms with Crippen LogP contribution in [0, 0.1) is 52.3 Å². The van der Waals surface area contributed by atoms with Crippen LogP contribution in [-0.4, -0.2) is 186 Å². The minimum atomic E-state index is -1.65. The molecule has 0 aromatic rings.